The van der Waals surface area contributed by atoms with Gasteiger partial charge in [-0.3, -0.25) is 4.79 Å². The summed E-state index contributed by atoms with van der Waals surface area (Å²) in [4.78, 5) is 13.0. The molecule has 4 nitrogen and oxygen atoms in total. The molecule has 84 valence electrons. The zero-order chi connectivity index (χ0) is 11.3. The monoisotopic (exact) mass is 202 g/mol. The van der Waals surface area contributed by atoms with Gasteiger partial charge in [0.05, 0.1) is 12.1 Å². The van der Waals surface area contributed by atoms with Gasteiger partial charge >= 0.3 is 0 Å². The number of nitrogens with one attached hydrogen (secondary N) is 1. The van der Waals surface area contributed by atoms with Crippen LogP contribution in [0.5, 0.6) is 0 Å². The van der Waals surface area contributed by atoms with Crippen LogP contribution < -0.4 is 5.32 Å². The quantitative estimate of drug-likeness (QED) is 0.670. The van der Waals surface area contributed by atoms with Crippen molar-refractivity contribution >= 4 is 5.91 Å². The third-order valence-electron chi connectivity index (χ3n) is 2.04. The van der Waals surface area contributed by atoms with Gasteiger partial charge in [0, 0.05) is 20.1 Å². The number of hydrogen-bond acceptors (Lipinski definition) is 3. The molecule has 3 atom stereocenters. The molecule has 0 rings (SSSR count). The van der Waals surface area contributed by atoms with Crippen molar-refractivity contribution in [3.8, 4) is 0 Å². The van der Waals surface area contributed by atoms with Crippen LogP contribution in [0.25, 0.3) is 0 Å². The number of aliphatic hydroxyl groups is 1. The molecule has 0 saturated heterocycles. The molecule has 1 amide bonds. The molecule has 0 spiro atoms. The van der Waals surface area contributed by atoms with Crippen molar-refractivity contribution in [1.29, 1.82) is 0 Å². The van der Waals surface area contributed by atoms with E-state index < -0.39 is 0 Å². The SMILES string of the molecule is CC(O)CC(C)NC(C)C(=O)N(C)C. The van der Waals surface area contributed by atoms with E-state index in [1.165, 1.54) is 0 Å². The summed E-state index contributed by atoms with van der Waals surface area (Å²) in [5.41, 5.74) is 0. The highest BCUT2D eigenvalue weighted by atomic mass is 16.3. The first-order chi connectivity index (χ1) is 6.34. The zero-order valence-corrected chi connectivity index (χ0v) is 9.74. The highest BCUT2D eigenvalue weighted by Crippen LogP contribution is 1.99. The molecule has 0 aromatic carbocycles. The summed E-state index contributed by atoms with van der Waals surface area (Å²) < 4.78 is 0. The van der Waals surface area contributed by atoms with Crippen LogP contribution in [0.15, 0.2) is 0 Å². The maximum atomic E-state index is 11.5. The molecular weight excluding hydrogens is 180 g/mol. The maximum Gasteiger partial charge on any atom is 0.238 e. The Balaban J connectivity index is 3.93. The van der Waals surface area contributed by atoms with Gasteiger partial charge in [-0.15, -0.1) is 0 Å². The van der Waals surface area contributed by atoms with E-state index in [4.69, 9.17) is 5.11 Å². The Morgan fingerprint density at radius 2 is 1.86 bits per heavy atom. The first-order valence-electron chi connectivity index (χ1n) is 4.99. The average Bonchev–Trinajstić information content (AvgIpc) is 2.00. The lowest BCUT2D eigenvalue weighted by Gasteiger charge is -2.22. The number of amides is 1. The largest absolute Gasteiger partial charge is 0.393 e. The molecule has 0 fully saturated rings. The number of likely N-dealkylation sites (N-methyl/N-ethyl adjacent to an activating group) is 1. The third kappa shape index (κ3) is 5.19. The van der Waals surface area contributed by atoms with Crippen molar-refractivity contribution in [3.05, 3.63) is 0 Å². The molecule has 0 radical (unpaired) electrons. The number of rotatable bonds is 5. The first-order valence-corrected chi connectivity index (χ1v) is 4.99. The van der Waals surface area contributed by atoms with Crippen LogP contribution >= 0.6 is 0 Å². The molecule has 14 heavy (non-hydrogen) atoms. The van der Waals surface area contributed by atoms with E-state index in [9.17, 15) is 4.79 Å². The van der Waals surface area contributed by atoms with Crippen molar-refractivity contribution in [1.82, 2.24) is 10.2 Å². The number of hydrogen-bond donors (Lipinski definition) is 2. The highest BCUT2D eigenvalue weighted by Gasteiger charge is 2.17. The van der Waals surface area contributed by atoms with E-state index in [1.807, 2.05) is 13.8 Å². The van der Waals surface area contributed by atoms with Crippen LogP contribution in [0.1, 0.15) is 27.2 Å². The summed E-state index contributed by atoms with van der Waals surface area (Å²) in [6, 6.07) is -0.0485. The fraction of sp³-hybridized carbons (Fsp3) is 0.900. The summed E-state index contributed by atoms with van der Waals surface area (Å²) in [7, 11) is 3.47. The van der Waals surface area contributed by atoms with Gasteiger partial charge in [0.25, 0.3) is 0 Å². The Morgan fingerprint density at radius 3 is 2.21 bits per heavy atom. The van der Waals surface area contributed by atoms with Crippen LogP contribution in [0, 0.1) is 0 Å². The van der Waals surface area contributed by atoms with E-state index in [2.05, 4.69) is 5.32 Å². The normalized spacial score (nSPS) is 17.3. The van der Waals surface area contributed by atoms with Gasteiger partial charge < -0.3 is 15.3 Å². The van der Waals surface area contributed by atoms with Crippen LogP contribution in [0.3, 0.4) is 0 Å². The molecule has 2 N–H and O–H groups in total. The predicted molar refractivity (Wildman–Crippen MR) is 57.1 cm³/mol. The summed E-state index contributed by atoms with van der Waals surface area (Å²) in [5, 5.41) is 12.3. The topological polar surface area (TPSA) is 52.6 Å². The smallest absolute Gasteiger partial charge is 0.238 e. The Kier molecular flexibility index (Phi) is 5.72. The van der Waals surface area contributed by atoms with Gasteiger partial charge in [0.1, 0.15) is 0 Å². The van der Waals surface area contributed by atoms with Crippen LogP contribution in [0.2, 0.25) is 0 Å². The standard InChI is InChI=1S/C10H22N2O2/c1-7(6-8(2)13)11-9(3)10(14)12(4)5/h7-9,11,13H,6H2,1-5H3. The second-order valence-electron chi connectivity index (χ2n) is 4.11. The minimum atomic E-state index is -0.334. The van der Waals surface area contributed by atoms with Crippen molar-refractivity contribution in [2.45, 2.75) is 45.4 Å². The third-order valence-corrected chi connectivity index (χ3v) is 2.04. The lowest BCUT2D eigenvalue weighted by molar-refractivity contribution is -0.130. The average molecular weight is 202 g/mol. The first kappa shape index (κ1) is 13.4. The predicted octanol–water partition coefficient (Wildman–Crippen LogP) is 0.212. The molecule has 0 aliphatic heterocycles. The van der Waals surface area contributed by atoms with Crippen molar-refractivity contribution < 1.29 is 9.90 Å². The molecule has 0 aromatic rings. The molecule has 0 saturated carbocycles. The summed E-state index contributed by atoms with van der Waals surface area (Å²) in [6.45, 7) is 5.55. The van der Waals surface area contributed by atoms with Gasteiger partial charge in [-0.25, -0.2) is 0 Å². The molecule has 0 heterocycles. The molecule has 4 heteroatoms. The minimum absolute atomic E-state index is 0.0578. The molecule has 3 unspecified atom stereocenters. The minimum Gasteiger partial charge on any atom is -0.393 e. The summed E-state index contributed by atoms with van der Waals surface area (Å²) in [5.74, 6) is 0.0578. The lowest BCUT2D eigenvalue weighted by Crippen LogP contribution is -2.45. The second kappa shape index (κ2) is 5.98. The van der Waals surface area contributed by atoms with Gasteiger partial charge in [0.2, 0.25) is 5.91 Å². The van der Waals surface area contributed by atoms with Crippen molar-refractivity contribution in [3.63, 3.8) is 0 Å². The summed E-state index contributed by atoms with van der Waals surface area (Å²) >= 11 is 0. The van der Waals surface area contributed by atoms with E-state index >= 15 is 0 Å². The molecular formula is C10H22N2O2. The van der Waals surface area contributed by atoms with Gasteiger partial charge in [-0.1, -0.05) is 0 Å². The number of carbonyl (C=O) groups excluding carboxylic acids is 1. The second-order valence-corrected chi connectivity index (χ2v) is 4.11. The Bertz CT molecular complexity index is 181. The number of carbonyl (C=O) groups is 1. The zero-order valence-electron chi connectivity index (χ0n) is 9.74. The van der Waals surface area contributed by atoms with E-state index in [0.717, 1.165) is 0 Å². The van der Waals surface area contributed by atoms with Gasteiger partial charge in [-0.05, 0) is 27.2 Å². The Morgan fingerprint density at radius 1 is 1.36 bits per heavy atom. The highest BCUT2D eigenvalue weighted by molar-refractivity contribution is 5.80. The fourth-order valence-corrected chi connectivity index (χ4v) is 1.47. The van der Waals surface area contributed by atoms with Crippen molar-refractivity contribution in [2.24, 2.45) is 0 Å². The Labute approximate surface area is 86.3 Å². The van der Waals surface area contributed by atoms with Gasteiger partial charge in [-0.2, -0.15) is 0 Å². The fourth-order valence-electron chi connectivity index (χ4n) is 1.47. The maximum absolute atomic E-state index is 11.5. The number of aliphatic hydroxyl groups excluding tert-OH is 1. The Hall–Kier alpha value is -0.610. The van der Waals surface area contributed by atoms with E-state index in [1.54, 1.807) is 25.9 Å². The van der Waals surface area contributed by atoms with Crippen LogP contribution in [-0.4, -0.2) is 48.2 Å². The van der Waals surface area contributed by atoms with E-state index in [0.29, 0.717) is 6.42 Å². The van der Waals surface area contributed by atoms with Crippen LogP contribution in [0.4, 0.5) is 0 Å². The van der Waals surface area contributed by atoms with Crippen LogP contribution in [-0.2, 0) is 4.79 Å². The lowest BCUT2D eigenvalue weighted by atomic mass is 10.1. The molecule has 0 aliphatic carbocycles. The van der Waals surface area contributed by atoms with E-state index in [-0.39, 0.29) is 24.1 Å². The molecule has 0 bridgehead atoms. The van der Waals surface area contributed by atoms with Crippen molar-refractivity contribution in [2.75, 3.05) is 14.1 Å². The summed E-state index contributed by atoms with van der Waals surface area (Å²) in [6.07, 6.45) is 0.324. The molecule has 0 aromatic heterocycles. The number of nitrogens with zero attached hydrogens (tertiary/aromatic N) is 1. The van der Waals surface area contributed by atoms with Gasteiger partial charge in [0.15, 0.2) is 0 Å². The molecule has 0 aliphatic rings.